The maximum Gasteiger partial charge on any atom is 0.196 e. The number of anilines is 1. The quantitative estimate of drug-likeness (QED) is 0.798. The number of nitrogens with two attached hydrogens (primary N) is 1. The van der Waals surface area contributed by atoms with Crippen molar-refractivity contribution in [3.63, 3.8) is 0 Å². The highest BCUT2D eigenvalue weighted by Gasteiger charge is 2.16. The lowest BCUT2D eigenvalue weighted by Crippen LogP contribution is -2.35. The summed E-state index contributed by atoms with van der Waals surface area (Å²) < 4.78 is 0. The van der Waals surface area contributed by atoms with E-state index in [-0.39, 0.29) is 17.0 Å². The Morgan fingerprint density at radius 1 is 1.53 bits per heavy atom. The van der Waals surface area contributed by atoms with Gasteiger partial charge in [-0.1, -0.05) is 17.7 Å². The van der Waals surface area contributed by atoms with Crippen molar-refractivity contribution in [3.8, 4) is 0 Å². The second-order valence-electron chi connectivity index (χ2n) is 3.74. The first-order chi connectivity index (χ1) is 7.78. The largest absolute Gasteiger partial charge is 0.351 e. The molecule has 4 N–H and O–H groups in total. The van der Waals surface area contributed by atoms with Crippen molar-refractivity contribution in [3.05, 3.63) is 29.3 Å². The highest BCUT2D eigenvalue weighted by atomic mass is 79.9. The standard InChI is InChI=1S/C11H15ClN4.BrH/c12-8-2-1-3-9(6-8)15-11-14-7-10(16-11)4-5-13;/h1-3,6,10H,4-5,7,13H2,(H2,14,15,16);1H/t10-;/m0./s1. The van der Waals surface area contributed by atoms with Crippen LogP contribution in [0.25, 0.3) is 0 Å². The summed E-state index contributed by atoms with van der Waals surface area (Å²) in [5.41, 5.74) is 6.43. The van der Waals surface area contributed by atoms with E-state index in [1.807, 2.05) is 24.3 Å². The highest BCUT2D eigenvalue weighted by molar-refractivity contribution is 8.93. The zero-order chi connectivity index (χ0) is 11.4. The highest BCUT2D eigenvalue weighted by Crippen LogP contribution is 2.15. The number of hydrogen-bond donors (Lipinski definition) is 3. The smallest absolute Gasteiger partial charge is 0.196 e. The number of nitrogens with zero attached hydrogens (tertiary/aromatic N) is 1. The zero-order valence-corrected chi connectivity index (χ0v) is 11.8. The Labute approximate surface area is 116 Å². The molecule has 17 heavy (non-hydrogen) atoms. The van der Waals surface area contributed by atoms with Crippen molar-refractivity contribution in [1.29, 1.82) is 0 Å². The van der Waals surface area contributed by atoms with Gasteiger partial charge in [0.05, 0.1) is 6.54 Å². The molecule has 0 aromatic heterocycles. The van der Waals surface area contributed by atoms with Crippen molar-refractivity contribution in [2.24, 2.45) is 10.7 Å². The molecule has 1 heterocycles. The van der Waals surface area contributed by atoms with Gasteiger partial charge in [0.2, 0.25) is 0 Å². The number of aliphatic imine (C=N–C) groups is 1. The van der Waals surface area contributed by atoms with Gasteiger partial charge in [0.25, 0.3) is 0 Å². The van der Waals surface area contributed by atoms with Crippen LogP contribution in [0.5, 0.6) is 0 Å². The van der Waals surface area contributed by atoms with Gasteiger partial charge < -0.3 is 16.4 Å². The summed E-state index contributed by atoms with van der Waals surface area (Å²) >= 11 is 5.89. The summed E-state index contributed by atoms with van der Waals surface area (Å²) in [4.78, 5) is 4.36. The summed E-state index contributed by atoms with van der Waals surface area (Å²) in [5, 5.41) is 7.17. The Bertz CT molecular complexity index is 397. The minimum absolute atomic E-state index is 0. The molecule has 0 spiro atoms. The van der Waals surface area contributed by atoms with E-state index < -0.39 is 0 Å². The molecule has 0 aliphatic carbocycles. The van der Waals surface area contributed by atoms with Crippen LogP contribution < -0.4 is 16.4 Å². The van der Waals surface area contributed by atoms with Crippen LogP contribution in [-0.2, 0) is 0 Å². The molecule has 94 valence electrons. The van der Waals surface area contributed by atoms with Gasteiger partial charge in [0.15, 0.2) is 5.96 Å². The van der Waals surface area contributed by atoms with E-state index >= 15 is 0 Å². The van der Waals surface area contributed by atoms with Crippen LogP contribution >= 0.6 is 28.6 Å². The van der Waals surface area contributed by atoms with Crippen LogP contribution in [0.15, 0.2) is 29.3 Å². The lowest BCUT2D eigenvalue weighted by Gasteiger charge is -2.11. The third kappa shape index (κ3) is 4.18. The third-order valence-electron chi connectivity index (χ3n) is 2.41. The predicted octanol–water partition coefficient (Wildman–Crippen LogP) is 2.01. The third-order valence-corrected chi connectivity index (χ3v) is 2.65. The Kier molecular flexibility index (Phi) is 5.74. The van der Waals surface area contributed by atoms with E-state index in [4.69, 9.17) is 17.3 Å². The number of halogens is 2. The molecule has 1 aromatic rings. The van der Waals surface area contributed by atoms with Crippen LogP contribution in [0.1, 0.15) is 6.42 Å². The molecule has 6 heteroatoms. The maximum absolute atomic E-state index is 5.89. The molecule has 0 radical (unpaired) electrons. The van der Waals surface area contributed by atoms with Crippen LogP contribution in [0, 0.1) is 0 Å². The Morgan fingerprint density at radius 3 is 3.06 bits per heavy atom. The maximum atomic E-state index is 5.89. The molecule has 0 unspecified atom stereocenters. The Hall–Kier alpha value is -0.780. The van der Waals surface area contributed by atoms with E-state index in [1.54, 1.807) is 0 Å². The molecular weight excluding hydrogens is 304 g/mol. The normalized spacial score (nSPS) is 18.0. The summed E-state index contributed by atoms with van der Waals surface area (Å²) in [6.07, 6.45) is 0.935. The van der Waals surface area contributed by atoms with Gasteiger partial charge >= 0.3 is 0 Å². The molecule has 0 saturated heterocycles. The van der Waals surface area contributed by atoms with Crippen molar-refractivity contribution >= 4 is 40.2 Å². The minimum Gasteiger partial charge on any atom is -0.351 e. The van der Waals surface area contributed by atoms with E-state index in [0.29, 0.717) is 17.6 Å². The lowest BCUT2D eigenvalue weighted by atomic mass is 10.2. The predicted molar refractivity (Wildman–Crippen MR) is 78.3 cm³/mol. The molecule has 0 amide bonds. The lowest BCUT2D eigenvalue weighted by molar-refractivity contribution is 0.609. The van der Waals surface area contributed by atoms with Gasteiger partial charge in [-0.15, -0.1) is 17.0 Å². The number of nitrogens with one attached hydrogen (secondary N) is 2. The van der Waals surface area contributed by atoms with Crippen LogP contribution in [0.2, 0.25) is 5.02 Å². The monoisotopic (exact) mass is 318 g/mol. The van der Waals surface area contributed by atoms with E-state index in [0.717, 1.165) is 24.6 Å². The molecule has 1 aliphatic rings. The fourth-order valence-corrected chi connectivity index (χ4v) is 1.82. The van der Waals surface area contributed by atoms with Gasteiger partial charge in [-0.2, -0.15) is 0 Å². The van der Waals surface area contributed by atoms with Crippen molar-refractivity contribution in [1.82, 2.24) is 5.32 Å². The second-order valence-corrected chi connectivity index (χ2v) is 4.18. The Balaban J connectivity index is 0.00000144. The fraction of sp³-hybridized carbons (Fsp3) is 0.364. The zero-order valence-electron chi connectivity index (χ0n) is 9.32. The van der Waals surface area contributed by atoms with Crippen LogP contribution in [0.3, 0.4) is 0 Å². The van der Waals surface area contributed by atoms with Crippen molar-refractivity contribution < 1.29 is 0 Å². The van der Waals surface area contributed by atoms with Gasteiger partial charge in [-0.3, -0.25) is 4.99 Å². The topological polar surface area (TPSA) is 62.4 Å². The molecule has 0 bridgehead atoms. The number of hydrogen-bond acceptors (Lipinski definition) is 4. The molecule has 1 atom stereocenters. The molecule has 4 nitrogen and oxygen atoms in total. The first-order valence-corrected chi connectivity index (χ1v) is 5.69. The fourth-order valence-electron chi connectivity index (χ4n) is 1.63. The van der Waals surface area contributed by atoms with Crippen molar-refractivity contribution in [2.75, 3.05) is 18.4 Å². The van der Waals surface area contributed by atoms with Gasteiger partial charge in [-0.05, 0) is 31.2 Å². The number of rotatable bonds is 3. The minimum atomic E-state index is 0. The van der Waals surface area contributed by atoms with E-state index in [1.165, 1.54) is 0 Å². The summed E-state index contributed by atoms with van der Waals surface area (Å²) in [6.45, 7) is 1.46. The van der Waals surface area contributed by atoms with Crippen LogP contribution in [0.4, 0.5) is 5.69 Å². The summed E-state index contributed by atoms with van der Waals surface area (Å²) in [7, 11) is 0. The number of guanidine groups is 1. The summed E-state index contributed by atoms with van der Waals surface area (Å²) in [5.74, 6) is 0.792. The number of benzene rings is 1. The average molecular weight is 320 g/mol. The van der Waals surface area contributed by atoms with E-state index in [2.05, 4.69) is 15.6 Å². The van der Waals surface area contributed by atoms with Gasteiger partial charge in [0, 0.05) is 16.8 Å². The van der Waals surface area contributed by atoms with Crippen LogP contribution in [-0.4, -0.2) is 25.1 Å². The first-order valence-electron chi connectivity index (χ1n) is 5.31. The second kappa shape index (κ2) is 6.83. The Morgan fingerprint density at radius 2 is 2.35 bits per heavy atom. The molecule has 2 rings (SSSR count). The van der Waals surface area contributed by atoms with E-state index in [9.17, 15) is 0 Å². The molecule has 0 fully saturated rings. The average Bonchev–Trinajstić information content (AvgIpc) is 2.66. The molecule has 0 saturated carbocycles. The van der Waals surface area contributed by atoms with Gasteiger partial charge in [-0.25, -0.2) is 0 Å². The first kappa shape index (κ1) is 14.3. The molecule has 1 aliphatic heterocycles. The SMILES string of the molecule is Br.NCC[C@H]1CN=C(Nc2cccc(Cl)c2)N1. The molecule has 1 aromatic carbocycles. The van der Waals surface area contributed by atoms with Crippen molar-refractivity contribution in [2.45, 2.75) is 12.5 Å². The summed E-state index contributed by atoms with van der Waals surface area (Å²) in [6, 6.07) is 7.91. The molecular formula is C11H16BrClN4. The van der Waals surface area contributed by atoms with Gasteiger partial charge in [0.1, 0.15) is 0 Å².